The van der Waals surface area contributed by atoms with Gasteiger partial charge in [-0.1, -0.05) is 12.1 Å². The lowest BCUT2D eigenvalue weighted by Crippen LogP contribution is -2.41. The van der Waals surface area contributed by atoms with Gasteiger partial charge in [0, 0.05) is 25.6 Å². The minimum absolute atomic E-state index is 0.294. The number of rotatable bonds is 4. The first-order chi connectivity index (χ1) is 10.3. The van der Waals surface area contributed by atoms with Gasteiger partial charge in [0.2, 0.25) is 5.91 Å². The van der Waals surface area contributed by atoms with Crippen LogP contribution in [0.3, 0.4) is 0 Å². The van der Waals surface area contributed by atoms with Gasteiger partial charge >= 0.3 is 0 Å². The Morgan fingerprint density at radius 3 is 2.86 bits per heavy atom. The maximum absolute atomic E-state index is 12.4. The Hall–Kier alpha value is -1.55. The van der Waals surface area contributed by atoms with Crippen LogP contribution in [0, 0.1) is 5.92 Å². The minimum atomic E-state index is 0.294. The summed E-state index contributed by atoms with van der Waals surface area (Å²) in [4.78, 5) is 14.4. The molecule has 1 amide bonds. The molecule has 3 rings (SSSR count). The topological polar surface area (TPSA) is 41.6 Å². The van der Waals surface area contributed by atoms with Crippen LogP contribution in [-0.2, 0) is 11.2 Å². The molecule has 114 valence electrons. The average Bonchev–Trinajstić information content (AvgIpc) is 2.97. The van der Waals surface area contributed by atoms with Crippen molar-refractivity contribution in [1.82, 2.24) is 10.2 Å². The summed E-state index contributed by atoms with van der Waals surface area (Å²) in [5.74, 6) is 1.82. The molecule has 4 heteroatoms. The van der Waals surface area contributed by atoms with Gasteiger partial charge in [-0.2, -0.15) is 0 Å². The molecule has 2 fully saturated rings. The number of amides is 1. The second-order valence-corrected chi connectivity index (χ2v) is 6.11. The summed E-state index contributed by atoms with van der Waals surface area (Å²) in [6.45, 7) is 2.94. The van der Waals surface area contributed by atoms with E-state index < -0.39 is 0 Å². The van der Waals surface area contributed by atoms with Crippen LogP contribution < -0.4 is 10.1 Å². The van der Waals surface area contributed by atoms with Crippen molar-refractivity contribution in [1.29, 1.82) is 0 Å². The molecule has 0 bridgehead atoms. The fourth-order valence-corrected chi connectivity index (χ4v) is 3.45. The second-order valence-electron chi connectivity index (χ2n) is 6.11. The van der Waals surface area contributed by atoms with Gasteiger partial charge in [0.1, 0.15) is 5.75 Å². The molecule has 0 aliphatic carbocycles. The maximum atomic E-state index is 12.4. The van der Waals surface area contributed by atoms with Gasteiger partial charge in [0.15, 0.2) is 0 Å². The SMILES string of the molecule is COc1ccc(CCC(=O)N2C[C@@H]3CCCN[C@@H]3C2)cc1. The van der Waals surface area contributed by atoms with Crippen molar-refractivity contribution >= 4 is 5.91 Å². The lowest BCUT2D eigenvalue weighted by atomic mass is 9.94. The molecule has 0 saturated carbocycles. The normalized spacial score (nSPS) is 24.7. The second kappa shape index (κ2) is 6.48. The Morgan fingerprint density at radius 2 is 2.14 bits per heavy atom. The van der Waals surface area contributed by atoms with E-state index in [0.717, 1.165) is 31.8 Å². The standard InChI is InChI=1S/C17H24N2O2/c1-21-15-7-4-13(5-8-15)6-9-17(20)19-11-14-3-2-10-18-16(14)12-19/h4-5,7-8,14,16,18H,2-3,6,9-12H2,1H3/t14-,16+/m0/s1. The number of nitrogens with zero attached hydrogens (tertiary/aromatic N) is 1. The molecule has 2 heterocycles. The first-order valence-corrected chi connectivity index (χ1v) is 7.90. The molecule has 0 unspecified atom stereocenters. The predicted molar refractivity (Wildman–Crippen MR) is 82.4 cm³/mol. The van der Waals surface area contributed by atoms with Gasteiger partial charge in [0.05, 0.1) is 7.11 Å². The third-order valence-corrected chi connectivity index (χ3v) is 4.74. The average molecular weight is 288 g/mol. The van der Waals surface area contributed by atoms with Crippen LogP contribution in [0.5, 0.6) is 5.75 Å². The van der Waals surface area contributed by atoms with Gasteiger partial charge < -0.3 is 15.0 Å². The Morgan fingerprint density at radius 1 is 1.33 bits per heavy atom. The molecule has 2 aliphatic rings. The molecule has 1 aromatic carbocycles. The van der Waals surface area contributed by atoms with Crippen molar-refractivity contribution in [2.75, 3.05) is 26.7 Å². The molecule has 0 aromatic heterocycles. The Bertz CT molecular complexity index is 472. The fraction of sp³-hybridized carbons (Fsp3) is 0.588. The number of carbonyl (C=O) groups excluding carboxylic acids is 1. The van der Waals surface area contributed by atoms with E-state index in [1.165, 1.54) is 18.4 Å². The summed E-state index contributed by atoms with van der Waals surface area (Å²) >= 11 is 0. The first kappa shape index (κ1) is 14.4. The molecule has 2 atom stereocenters. The number of piperidine rings is 1. The first-order valence-electron chi connectivity index (χ1n) is 7.90. The van der Waals surface area contributed by atoms with E-state index >= 15 is 0 Å². The van der Waals surface area contributed by atoms with E-state index in [0.29, 0.717) is 24.3 Å². The maximum Gasteiger partial charge on any atom is 0.222 e. The lowest BCUT2D eigenvalue weighted by molar-refractivity contribution is -0.130. The molecule has 4 nitrogen and oxygen atoms in total. The van der Waals surface area contributed by atoms with E-state index in [4.69, 9.17) is 4.74 Å². The van der Waals surface area contributed by atoms with Gasteiger partial charge in [-0.05, 0) is 49.4 Å². The van der Waals surface area contributed by atoms with E-state index in [1.807, 2.05) is 24.3 Å². The van der Waals surface area contributed by atoms with Gasteiger partial charge in [-0.15, -0.1) is 0 Å². The number of carbonyl (C=O) groups is 1. The monoisotopic (exact) mass is 288 g/mol. The number of hydrogen-bond acceptors (Lipinski definition) is 3. The third kappa shape index (κ3) is 3.38. The highest BCUT2D eigenvalue weighted by Gasteiger charge is 2.35. The third-order valence-electron chi connectivity index (χ3n) is 4.74. The van der Waals surface area contributed by atoms with Crippen LogP contribution in [0.4, 0.5) is 0 Å². The molecule has 0 radical (unpaired) electrons. The Labute approximate surface area is 126 Å². The summed E-state index contributed by atoms with van der Waals surface area (Å²) in [5.41, 5.74) is 1.19. The van der Waals surface area contributed by atoms with Gasteiger partial charge in [-0.3, -0.25) is 4.79 Å². The Balaban J connectivity index is 1.49. The molecule has 2 aliphatic heterocycles. The summed E-state index contributed by atoms with van der Waals surface area (Å²) < 4.78 is 5.15. The molecular formula is C17H24N2O2. The molecule has 21 heavy (non-hydrogen) atoms. The summed E-state index contributed by atoms with van der Waals surface area (Å²) in [7, 11) is 1.67. The largest absolute Gasteiger partial charge is 0.497 e. The minimum Gasteiger partial charge on any atom is -0.497 e. The number of benzene rings is 1. The van der Waals surface area contributed by atoms with Crippen LogP contribution in [0.1, 0.15) is 24.8 Å². The smallest absolute Gasteiger partial charge is 0.222 e. The number of fused-ring (bicyclic) bond motifs is 1. The molecular weight excluding hydrogens is 264 g/mol. The molecule has 0 spiro atoms. The highest BCUT2D eigenvalue weighted by Crippen LogP contribution is 2.25. The summed E-state index contributed by atoms with van der Waals surface area (Å²) in [6, 6.07) is 8.51. The van der Waals surface area contributed by atoms with Crippen LogP contribution >= 0.6 is 0 Å². The number of aryl methyl sites for hydroxylation is 1. The van der Waals surface area contributed by atoms with Gasteiger partial charge in [-0.25, -0.2) is 0 Å². The van der Waals surface area contributed by atoms with Crippen molar-refractivity contribution in [3.8, 4) is 5.75 Å². The number of hydrogen-bond donors (Lipinski definition) is 1. The Kier molecular flexibility index (Phi) is 4.44. The zero-order valence-electron chi connectivity index (χ0n) is 12.7. The van der Waals surface area contributed by atoms with E-state index in [2.05, 4.69) is 10.2 Å². The predicted octanol–water partition coefficient (Wildman–Crippen LogP) is 1.84. The zero-order valence-corrected chi connectivity index (χ0v) is 12.7. The van der Waals surface area contributed by atoms with E-state index in [1.54, 1.807) is 7.11 Å². The molecule has 1 N–H and O–H groups in total. The van der Waals surface area contributed by atoms with Crippen LogP contribution in [-0.4, -0.2) is 43.6 Å². The van der Waals surface area contributed by atoms with Crippen molar-refractivity contribution in [3.63, 3.8) is 0 Å². The van der Waals surface area contributed by atoms with E-state index in [9.17, 15) is 4.79 Å². The fourth-order valence-electron chi connectivity index (χ4n) is 3.45. The number of likely N-dealkylation sites (tertiary alicyclic amines) is 1. The zero-order chi connectivity index (χ0) is 14.7. The molecule has 2 saturated heterocycles. The van der Waals surface area contributed by atoms with E-state index in [-0.39, 0.29) is 0 Å². The highest BCUT2D eigenvalue weighted by molar-refractivity contribution is 5.77. The number of nitrogens with one attached hydrogen (secondary N) is 1. The van der Waals surface area contributed by atoms with Gasteiger partial charge in [0.25, 0.3) is 0 Å². The quantitative estimate of drug-likeness (QED) is 0.919. The highest BCUT2D eigenvalue weighted by atomic mass is 16.5. The van der Waals surface area contributed by atoms with Crippen LogP contribution in [0.25, 0.3) is 0 Å². The lowest BCUT2D eigenvalue weighted by Gasteiger charge is -2.24. The molecule has 1 aromatic rings. The van der Waals surface area contributed by atoms with Crippen molar-refractivity contribution in [2.24, 2.45) is 5.92 Å². The number of ether oxygens (including phenoxy) is 1. The summed E-state index contributed by atoms with van der Waals surface area (Å²) in [6.07, 6.45) is 3.92. The van der Waals surface area contributed by atoms with Crippen molar-refractivity contribution in [3.05, 3.63) is 29.8 Å². The van der Waals surface area contributed by atoms with Crippen molar-refractivity contribution < 1.29 is 9.53 Å². The van der Waals surface area contributed by atoms with Crippen LogP contribution in [0.2, 0.25) is 0 Å². The summed E-state index contributed by atoms with van der Waals surface area (Å²) in [5, 5.41) is 3.54. The van der Waals surface area contributed by atoms with Crippen molar-refractivity contribution in [2.45, 2.75) is 31.7 Å². The number of methoxy groups -OCH3 is 1. The van der Waals surface area contributed by atoms with Crippen LogP contribution in [0.15, 0.2) is 24.3 Å².